The molecule has 0 aliphatic rings. The molecular weight excluding hydrogens is 276 g/mol. The lowest BCUT2D eigenvalue weighted by atomic mass is 10.3. The van der Waals surface area contributed by atoms with Crippen molar-refractivity contribution >= 4 is 5.82 Å². The Hall–Kier alpha value is -2.63. The standard InChI is InChI=1S/C16H20N6/c1-13-5-7-17-16(9-13)20(11-21-8-4-6-18-21)12-22-15(3)10-14(2)19-22/h4-10H,11-12H2,1-3H3. The van der Waals surface area contributed by atoms with Crippen LogP contribution in [0.25, 0.3) is 0 Å². The minimum absolute atomic E-state index is 0.627. The average Bonchev–Trinajstić information content (AvgIpc) is 3.08. The Labute approximate surface area is 130 Å². The summed E-state index contributed by atoms with van der Waals surface area (Å²) in [5.74, 6) is 0.919. The molecule has 0 spiro atoms. The van der Waals surface area contributed by atoms with Gasteiger partial charge in [-0.3, -0.25) is 4.68 Å². The molecule has 0 aromatic carbocycles. The van der Waals surface area contributed by atoms with Crippen molar-refractivity contribution < 1.29 is 0 Å². The quantitative estimate of drug-likeness (QED) is 0.726. The second-order valence-electron chi connectivity index (χ2n) is 5.49. The van der Waals surface area contributed by atoms with Gasteiger partial charge in [-0.25, -0.2) is 9.67 Å². The van der Waals surface area contributed by atoms with Crippen LogP contribution in [0.15, 0.2) is 42.9 Å². The van der Waals surface area contributed by atoms with Gasteiger partial charge in [0.2, 0.25) is 0 Å². The smallest absolute Gasteiger partial charge is 0.131 e. The van der Waals surface area contributed by atoms with Crippen LogP contribution in [0.2, 0.25) is 0 Å². The van der Waals surface area contributed by atoms with Gasteiger partial charge in [-0.15, -0.1) is 0 Å². The Morgan fingerprint density at radius 2 is 1.95 bits per heavy atom. The van der Waals surface area contributed by atoms with Gasteiger partial charge in [0.15, 0.2) is 0 Å². The summed E-state index contributed by atoms with van der Waals surface area (Å²) in [6.07, 6.45) is 5.57. The number of hydrogen-bond donors (Lipinski definition) is 0. The fourth-order valence-electron chi connectivity index (χ4n) is 2.42. The van der Waals surface area contributed by atoms with Gasteiger partial charge in [0.05, 0.1) is 5.69 Å². The van der Waals surface area contributed by atoms with E-state index in [1.807, 2.05) is 40.8 Å². The maximum Gasteiger partial charge on any atom is 0.131 e. The number of pyridine rings is 1. The van der Waals surface area contributed by atoms with Gasteiger partial charge in [0.25, 0.3) is 0 Å². The summed E-state index contributed by atoms with van der Waals surface area (Å²) in [5.41, 5.74) is 3.34. The van der Waals surface area contributed by atoms with E-state index in [-0.39, 0.29) is 0 Å². The molecule has 0 aliphatic heterocycles. The molecule has 0 unspecified atom stereocenters. The van der Waals surface area contributed by atoms with E-state index in [1.165, 1.54) is 5.56 Å². The molecule has 3 aromatic heterocycles. The Kier molecular flexibility index (Phi) is 3.91. The third kappa shape index (κ3) is 3.16. The van der Waals surface area contributed by atoms with Gasteiger partial charge < -0.3 is 4.90 Å². The van der Waals surface area contributed by atoms with Gasteiger partial charge >= 0.3 is 0 Å². The zero-order chi connectivity index (χ0) is 15.5. The molecule has 0 atom stereocenters. The van der Waals surface area contributed by atoms with Crippen molar-refractivity contribution in [3.8, 4) is 0 Å². The average molecular weight is 296 g/mol. The first-order valence-electron chi connectivity index (χ1n) is 7.28. The van der Waals surface area contributed by atoms with E-state index in [0.717, 1.165) is 17.2 Å². The van der Waals surface area contributed by atoms with E-state index in [9.17, 15) is 0 Å². The van der Waals surface area contributed by atoms with Crippen molar-refractivity contribution in [1.82, 2.24) is 24.5 Å². The van der Waals surface area contributed by atoms with Crippen molar-refractivity contribution in [2.45, 2.75) is 34.1 Å². The van der Waals surface area contributed by atoms with Gasteiger partial charge in [0, 0.05) is 24.3 Å². The molecular formula is C16H20N6. The van der Waals surface area contributed by atoms with Crippen LogP contribution in [-0.2, 0) is 13.3 Å². The van der Waals surface area contributed by atoms with Crippen molar-refractivity contribution in [2.24, 2.45) is 0 Å². The lowest BCUT2D eigenvalue weighted by Crippen LogP contribution is -2.30. The van der Waals surface area contributed by atoms with Gasteiger partial charge in [-0.2, -0.15) is 10.2 Å². The van der Waals surface area contributed by atoms with Crippen LogP contribution in [0.4, 0.5) is 5.82 Å². The Morgan fingerprint density at radius 1 is 1.09 bits per heavy atom. The molecule has 0 amide bonds. The first-order valence-corrected chi connectivity index (χ1v) is 7.28. The monoisotopic (exact) mass is 296 g/mol. The third-order valence-electron chi connectivity index (χ3n) is 3.51. The summed E-state index contributed by atoms with van der Waals surface area (Å²) >= 11 is 0. The molecule has 0 aliphatic carbocycles. The Bertz CT molecular complexity index is 744. The van der Waals surface area contributed by atoms with E-state index >= 15 is 0 Å². The molecule has 3 rings (SSSR count). The molecule has 0 bridgehead atoms. The fraction of sp³-hybridized carbons (Fsp3) is 0.312. The van der Waals surface area contributed by atoms with Crippen molar-refractivity contribution in [1.29, 1.82) is 0 Å². The molecule has 0 saturated heterocycles. The van der Waals surface area contributed by atoms with E-state index in [0.29, 0.717) is 13.3 Å². The van der Waals surface area contributed by atoms with E-state index in [1.54, 1.807) is 6.20 Å². The minimum Gasteiger partial charge on any atom is -0.317 e. The maximum absolute atomic E-state index is 4.54. The molecule has 0 fully saturated rings. The van der Waals surface area contributed by atoms with Gasteiger partial charge in [-0.1, -0.05) is 0 Å². The first kappa shape index (κ1) is 14.3. The van der Waals surface area contributed by atoms with Gasteiger partial charge in [0.1, 0.15) is 19.2 Å². The predicted molar refractivity (Wildman–Crippen MR) is 85.4 cm³/mol. The summed E-state index contributed by atoms with van der Waals surface area (Å²) in [4.78, 5) is 6.65. The lowest BCUT2D eigenvalue weighted by Gasteiger charge is -2.24. The van der Waals surface area contributed by atoms with Crippen molar-refractivity contribution in [2.75, 3.05) is 4.90 Å². The van der Waals surface area contributed by atoms with Crippen LogP contribution in [0.3, 0.4) is 0 Å². The highest BCUT2D eigenvalue weighted by Crippen LogP contribution is 2.15. The first-order chi connectivity index (χ1) is 10.6. The van der Waals surface area contributed by atoms with E-state index in [2.05, 4.69) is 46.1 Å². The normalized spacial score (nSPS) is 10.9. The van der Waals surface area contributed by atoms with Crippen molar-refractivity contribution in [3.05, 3.63) is 59.8 Å². The fourth-order valence-corrected chi connectivity index (χ4v) is 2.42. The summed E-state index contributed by atoms with van der Waals surface area (Å²) in [7, 11) is 0. The highest BCUT2D eigenvalue weighted by atomic mass is 15.4. The van der Waals surface area contributed by atoms with Crippen LogP contribution in [0.1, 0.15) is 17.0 Å². The number of anilines is 1. The Morgan fingerprint density at radius 3 is 2.59 bits per heavy atom. The second-order valence-corrected chi connectivity index (χ2v) is 5.49. The van der Waals surface area contributed by atoms with Crippen LogP contribution >= 0.6 is 0 Å². The third-order valence-corrected chi connectivity index (χ3v) is 3.51. The maximum atomic E-state index is 4.54. The molecule has 0 radical (unpaired) electrons. The molecule has 22 heavy (non-hydrogen) atoms. The zero-order valence-electron chi connectivity index (χ0n) is 13.1. The number of nitrogens with zero attached hydrogens (tertiary/aromatic N) is 6. The molecule has 3 aromatic rings. The lowest BCUT2D eigenvalue weighted by molar-refractivity contribution is 0.487. The summed E-state index contributed by atoms with van der Waals surface area (Å²) in [6, 6.07) is 8.08. The molecule has 114 valence electrons. The SMILES string of the molecule is Cc1ccnc(N(Cn2cccn2)Cn2nc(C)cc2C)c1. The summed E-state index contributed by atoms with van der Waals surface area (Å²) in [5, 5.41) is 8.84. The van der Waals surface area contributed by atoms with Crippen LogP contribution in [0.5, 0.6) is 0 Å². The zero-order valence-corrected chi connectivity index (χ0v) is 13.1. The van der Waals surface area contributed by atoms with E-state index < -0.39 is 0 Å². The van der Waals surface area contributed by atoms with E-state index in [4.69, 9.17) is 0 Å². The second kappa shape index (κ2) is 6.01. The molecule has 0 N–H and O–H groups in total. The topological polar surface area (TPSA) is 51.8 Å². The van der Waals surface area contributed by atoms with Crippen LogP contribution in [-0.4, -0.2) is 24.5 Å². The summed E-state index contributed by atoms with van der Waals surface area (Å²) in [6.45, 7) is 7.40. The highest BCUT2D eigenvalue weighted by Gasteiger charge is 2.12. The van der Waals surface area contributed by atoms with Crippen molar-refractivity contribution in [3.63, 3.8) is 0 Å². The number of aromatic nitrogens is 5. The van der Waals surface area contributed by atoms with Crippen LogP contribution in [0, 0.1) is 20.8 Å². The molecule has 3 heterocycles. The largest absolute Gasteiger partial charge is 0.317 e. The summed E-state index contributed by atoms with van der Waals surface area (Å²) < 4.78 is 3.87. The number of aryl methyl sites for hydroxylation is 3. The molecule has 6 heteroatoms. The minimum atomic E-state index is 0.627. The predicted octanol–water partition coefficient (Wildman–Crippen LogP) is 2.52. The number of rotatable bonds is 5. The number of hydrogen-bond acceptors (Lipinski definition) is 4. The molecule has 6 nitrogen and oxygen atoms in total. The Balaban J connectivity index is 1.90. The van der Waals surface area contributed by atoms with Gasteiger partial charge in [-0.05, 0) is 50.6 Å². The highest BCUT2D eigenvalue weighted by molar-refractivity contribution is 5.39. The van der Waals surface area contributed by atoms with Crippen LogP contribution < -0.4 is 4.90 Å². The molecule has 0 saturated carbocycles.